The van der Waals surface area contributed by atoms with Crippen molar-refractivity contribution in [1.82, 2.24) is 24.1 Å². The number of ether oxygens (including phenoxy) is 1. The van der Waals surface area contributed by atoms with E-state index in [1.807, 2.05) is 52.6 Å². The summed E-state index contributed by atoms with van der Waals surface area (Å²) in [6.45, 7) is 1.22. The molecule has 0 aliphatic carbocycles. The fourth-order valence-corrected chi connectivity index (χ4v) is 4.08. The van der Waals surface area contributed by atoms with E-state index in [1.54, 1.807) is 0 Å². The van der Waals surface area contributed by atoms with Crippen LogP contribution in [0.1, 0.15) is 24.2 Å². The summed E-state index contributed by atoms with van der Waals surface area (Å²) in [5.74, 6) is 1.07. The van der Waals surface area contributed by atoms with Crippen molar-refractivity contribution in [1.29, 1.82) is 10.5 Å². The Labute approximate surface area is 172 Å². The topological polar surface area (TPSA) is 131 Å². The number of hydrogen-bond donors (Lipinski definition) is 1. The van der Waals surface area contributed by atoms with E-state index >= 15 is 0 Å². The molecular weight excluding hydrogens is 380 g/mol. The zero-order valence-electron chi connectivity index (χ0n) is 16.3. The highest BCUT2D eigenvalue weighted by atomic mass is 16.5. The fourth-order valence-electron chi connectivity index (χ4n) is 4.08. The first kappa shape index (κ1) is 18.1. The standard InChI is InChI=1S/C21H18N8O/c1-28-16-7-3-2-6-13(16)26-20(28)17-18-21(27-15(10-23)14(9-22)25-18)29(19(17)24)11-12-5-4-8-30-12/h2-3,6-7,12H,4-5,8,11,24H2,1H3/t12-/m1/s1. The van der Waals surface area contributed by atoms with Crippen LogP contribution in [-0.2, 0) is 18.3 Å². The Morgan fingerprint density at radius 3 is 2.63 bits per heavy atom. The molecule has 1 atom stereocenters. The molecule has 1 aromatic carbocycles. The van der Waals surface area contributed by atoms with Crippen molar-refractivity contribution in [3.05, 3.63) is 35.7 Å². The Morgan fingerprint density at radius 1 is 1.17 bits per heavy atom. The lowest BCUT2D eigenvalue weighted by Gasteiger charge is -2.13. The number of fused-ring (bicyclic) bond motifs is 2. The van der Waals surface area contributed by atoms with Gasteiger partial charge in [0.05, 0.1) is 29.2 Å². The summed E-state index contributed by atoms with van der Waals surface area (Å²) in [4.78, 5) is 13.7. The minimum Gasteiger partial charge on any atom is -0.384 e. The predicted octanol–water partition coefficient (Wildman–Crippen LogP) is 2.49. The van der Waals surface area contributed by atoms with Gasteiger partial charge >= 0.3 is 0 Å². The second-order valence-electron chi connectivity index (χ2n) is 7.31. The van der Waals surface area contributed by atoms with Crippen LogP contribution in [0.3, 0.4) is 0 Å². The van der Waals surface area contributed by atoms with Crippen molar-refractivity contribution in [2.24, 2.45) is 7.05 Å². The molecule has 1 fully saturated rings. The Hall–Kier alpha value is -3.95. The van der Waals surface area contributed by atoms with Crippen LogP contribution in [0.4, 0.5) is 5.82 Å². The van der Waals surface area contributed by atoms with E-state index < -0.39 is 0 Å². The van der Waals surface area contributed by atoms with Gasteiger partial charge < -0.3 is 19.6 Å². The lowest BCUT2D eigenvalue weighted by atomic mass is 10.2. The fraction of sp³-hybridized carbons (Fsp3) is 0.286. The van der Waals surface area contributed by atoms with Crippen molar-refractivity contribution in [2.45, 2.75) is 25.5 Å². The predicted molar refractivity (Wildman–Crippen MR) is 110 cm³/mol. The van der Waals surface area contributed by atoms with Crippen LogP contribution in [-0.4, -0.2) is 36.8 Å². The SMILES string of the molecule is Cn1c(-c2c(N)n(C[C@H]3CCCO3)c3nc(C#N)c(C#N)nc23)nc2ccccc21. The maximum atomic E-state index is 9.46. The highest BCUT2D eigenvalue weighted by Crippen LogP contribution is 2.37. The Morgan fingerprint density at radius 2 is 1.93 bits per heavy atom. The van der Waals surface area contributed by atoms with E-state index in [-0.39, 0.29) is 17.5 Å². The van der Waals surface area contributed by atoms with Gasteiger partial charge in [-0.1, -0.05) is 12.1 Å². The second-order valence-corrected chi connectivity index (χ2v) is 7.31. The third-order valence-corrected chi connectivity index (χ3v) is 5.55. The maximum Gasteiger partial charge on any atom is 0.179 e. The number of nitriles is 2. The van der Waals surface area contributed by atoms with Crippen molar-refractivity contribution in [3.8, 4) is 23.5 Å². The third kappa shape index (κ3) is 2.60. The quantitative estimate of drug-likeness (QED) is 0.561. The number of imidazole rings is 1. The van der Waals surface area contributed by atoms with Crippen LogP contribution < -0.4 is 5.73 Å². The van der Waals surface area contributed by atoms with E-state index in [0.29, 0.717) is 34.9 Å². The van der Waals surface area contributed by atoms with Gasteiger partial charge in [-0.3, -0.25) is 0 Å². The molecule has 5 rings (SSSR count). The highest BCUT2D eigenvalue weighted by molar-refractivity contribution is 5.99. The number of rotatable bonds is 3. The van der Waals surface area contributed by atoms with Gasteiger partial charge in [0.1, 0.15) is 29.3 Å². The zero-order valence-corrected chi connectivity index (χ0v) is 16.3. The molecule has 3 aromatic heterocycles. The van der Waals surface area contributed by atoms with Gasteiger partial charge in [-0.05, 0) is 25.0 Å². The van der Waals surface area contributed by atoms with Crippen LogP contribution in [0.5, 0.6) is 0 Å². The van der Waals surface area contributed by atoms with Gasteiger partial charge in [0.25, 0.3) is 0 Å². The van der Waals surface area contributed by atoms with Crippen LogP contribution in [0, 0.1) is 22.7 Å². The molecule has 9 nitrogen and oxygen atoms in total. The number of anilines is 1. The number of nitrogen functional groups attached to an aromatic ring is 1. The Bertz CT molecular complexity index is 1380. The van der Waals surface area contributed by atoms with Crippen molar-refractivity contribution in [3.63, 3.8) is 0 Å². The van der Waals surface area contributed by atoms with Gasteiger partial charge in [-0.25, -0.2) is 15.0 Å². The Balaban J connectivity index is 1.82. The molecule has 4 heterocycles. The highest BCUT2D eigenvalue weighted by Gasteiger charge is 2.27. The molecule has 0 saturated carbocycles. The van der Waals surface area contributed by atoms with Crippen molar-refractivity contribution in [2.75, 3.05) is 12.3 Å². The largest absolute Gasteiger partial charge is 0.384 e. The number of nitrogens with zero attached hydrogens (tertiary/aromatic N) is 7. The zero-order chi connectivity index (χ0) is 20.8. The van der Waals surface area contributed by atoms with Gasteiger partial charge in [-0.15, -0.1) is 0 Å². The number of aryl methyl sites for hydroxylation is 1. The smallest absolute Gasteiger partial charge is 0.179 e. The molecule has 2 N–H and O–H groups in total. The first-order valence-corrected chi connectivity index (χ1v) is 9.65. The van der Waals surface area contributed by atoms with Crippen LogP contribution in [0.2, 0.25) is 0 Å². The average Bonchev–Trinajstić information content (AvgIpc) is 3.46. The molecule has 0 amide bonds. The van der Waals surface area contributed by atoms with Crippen molar-refractivity contribution >= 4 is 28.0 Å². The van der Waals surface area contributed by atoms with E-state index in [1.165, 1.54) is 0 Å². The summed E-state index contributed by atoms with van der Waals surface area (Å²) in [6.07, 6.45) is 1.93. The molecule has 0 bridgehead atoms. The van der Waals surface area contributed by atoms with E-state index in [0.717, 1.165) is 30.5 Å². The molecule has 0 unspecified atom stereocenters. The number of para-hydroxylation sites is 2. The summed E-state index contributed by atoms with van der Waals surface area (Å²) < 4.78 is 9.56. The van der Waals surface area contributed by atoms with E-state index in [2.05, 4.69) is 9.97 Å². The summed E-state index contributed by atoms with van der Waals surface area (Å²) in [6, 6.07) is 11.7. The molecule has 0 radical (unpaired) electrons. The molecular formula is C21H18N8O. The molecule has 1 aliphatic rings. The summed E-state index contributed by atoms with van der Waals surface area (Å²) in [5.41, 5.74) is 9.87. The monoisotopic (exact) mass is 398 g/mol. The molecule has 1 aliphatic heterocycles. The Kier molecular flexibility index (Phi) is 4.12. The first-order valence-electron chi connectivity index (χ1n) is 9.65. The molecule has 4 aromatic rings. The van der Waals surface area contributed by atoms with E-state index in [4.69, 9.17) is 15.5 Å². The molecule has 30 heavy (non-hydrogen) atoms. The maximum absolute atomic E-state index is 9.46. The minimum atomic E-state index is -0.0284. The lowest BCUT2D eigenvalue weighted by Crippen LogP contribution is -2.17. The van der Waals surface area contributed by atoms with Gasteiger partial charge in [0.2, 0.25) is 0 Å². The van der Waals surface area contributed by atoms with Gasteiger partial charge in [-0.2, -0.15) is 10.5 Å². The number of benzene rings is 1. The number of hydrogen-bond acceptors (Lipinski definition) is 7. The molecule has 0 spiro atoms. The summed E-state index contributed by atoms with van der Waals surface area (Å²) >= 11 is 0. The van der Waals surface area contributed by atoms with Crippen LogP contribution in [0.25, 0.3) is 33.6 Å². The average molecular weight is 398 g/mol. The normalized spacial score (nSPS) is 16.2. The number of nitrogens with two attached hydrogens (primary N) is 1. The minimum absolute atomic E-state index is 0.0131. The van der Waals surface area contributed by atoms with Gasteiger partial charge in [0, 0.05) is 13.7 Å². The third-order valence-electron chi connectivity index (χ3n) is 5.55. The summed E-state index contributed by atoms with van der Waals surface area (Å²) in [7, 11) is 1.91. The van der Waals surface area contributed by atoms with E-state index in [9.17, 15) is 10.5 Å². The molecule has 1 saturated heterocycles. The van der Waals surface area contributed by atoms with Crippen LogP contribution in [0.15, 0.2) is 24.3 Å². The number of aromatic nitrogens is 5. The lowest BCUT2D eigenvalue weighted by molar-refractivity contribution is 0.0983. The molecule has 9 heteroatoms. The van der Waals surface area contributed by atoms with Crippen LogP contribution >= 0.6 is 0 Å². The molecule has 148 valence electrons. The van der Waals surface area contributed by atoms with Gasteiger partial charge in [0.15, 0.2) is 17.0 Å². The van der Waals surface area contributed by atoms with Crippen molar-refractivity contribution < 1.29 is 4.74 Å². The second kappa shape index (κ2) is 6.83. The summed E-state index contributed by atoms with van der Waals surface area (Å²) in [5, 5.41) is 18.9. The first-order chi connectivity index (χ1) is 14.6.